The van der Waals surface area contributed by atoms with Crippen molar-refractivity contribution >= 4 is 27.5 Å². The zero-order valence-corrected chi connectivity index (χ0v) is 17.6. The van der Waals surface area contributed by atoms with Gasteiger partial charge in [-0.15, -0.1) is 11.3 Å². The molecule has 1 aliphatic heterocycles. The van der Waals surface area contributed by atoms with Crippen LogP contribution in [0.2, 0.25) is 0 Å². The van der Waals surface area contributed by atoms with Gasteiger partial charge in [0.25, 0.3) is 5.91 Å². The lowest BCUT2D eigenvalue weighted by molar-refractivity contribution is -0.135. The van der Waals surface area contributed by atoms with Crippen LogP contribution in [0.4, 0.5) is 0 Å². The molecular formula is C23H27N3O3S. The number of aromatic nitrogens is 1. The Morgan fingerprint density at radius 3 is 2.47 bits per heavy atom. The SMILES string of the molecule is O=C(NCc1ccc(CN2CCCCC2)cc1)C(O)C(O)c1nc2ccccc2s1. The maximum atomic E-state index is 12.3. The van der Waals surface area contributed by atoms with Crippen LogP contribution in [0.5, 0.6) is 0 Å². The summed E-state index contributed by atoms with van der Waals surface area (Å²) in [5.41, 5.74) is 2.96. The molecule has 2 unspecified atom stereocenters. The number of hydrogen-bond donors (Lipinski definition) is 3. The molecule has 0 aliphatic carbocycles. The summed E-state index contributed by atoms with van der Waals surface area (Å²) >= 11 is 1.28. The number of piperidine rings is 1. The highest BCUT2D eigenvalue weighted by Gasteiger charge is 2.28. The number of carbonyl (C=O) groups excluding carboxylic acids is 1. The van der Waals surface area contributed by atoms with E-state index in [4.69, 9.17) is 0 Å². The first-order valence-electron chi connectivity index (χ1n) is 10.4. The Balaban J connectivity index is 1.29. The van der Waals surface area contributed by atoms with Crippen LogP contribution in [-0.4, -0.2) is 45.2 Å². The Bertz CT molecular complexity index is 950. The first-order valence-corrected chi connectivity index (χ1v) is 11.2. The maximum Gasteiger partial charge on any atom is 0.252 e. The number of amides is 1. The van der Waals surface area contributed by atoms with Crippen LogP contribution in [0.3, 0.4) is 0 Å². The predicted molar refractivity (Wildman–Crippen MR) is 118 cm³/mol. The van der Waals surface area contributed by atoms with E-state index in [0.29, 0.717) is 11.6 Å². The third-order valence-corrected chi connectivity index (χ3v) is 6.58. The highest BCUT2D eigenvalue weighted by molar-refractivity contribution is 7.18. The number of nitrogens with zero attached hydrogens (tertiary/aromatic N) is 2. The van der Waals surface area contributed by atoms with Gasteiger partial charge in [-0.25, -0.2) is 4.98 Å². The van der Waals surface area contributed by atoms with Crippen LogP contribution in [-0.2, 0) is 17.9 Å². The summed E-state index contributed by atoms with van der Waals surface area (Å²) < 4.78 is 0.906. The molecule has 2 aromatic carbocycles. The molecule has 2 heterocycles. The molecule has 3 N–H and O–H groups in total. The van der Waals surface area contributed by atoms with Crippen LogP contribution < -0.4 is 5.32 Å². The summed E-state index contributed by atoms with van der Waals surface area (Å²) in [5.74, 6) is -0.612. The topological polar surface area (TPSA) is 85.7 Å². The molecule has 1 aliphatic rings. The average molecular weight is 426 g/mol. The number of rotatable bonds is 7. The fourth-order valence-electron chi connectivity index (χ4n) is 3.73. The van der Waals surface area contributed by atoms with Gasteiger partial charge in [0.15, 0.2) is 6.10 Å². The normalized spacial score (nSPS) is 17.0. The van der Waals surface area contributed by atoms with Gasteiger partial charge in [0.05, 0.1) is 10.2 Å². The van der Waals surface area contributed by atoms with Crippen molar-refractivity contribution in [2.24, 2.45) is 0 Å². The number of likely N-dealkylation sites (tertiary alicyclic amines) is 1. The number of thiazole rings is 1. The molecule has 1 fully saturated rings. The van der Waals surface area contributed by atoms with Gasteiger partial charge in [-0.1, -0.05) is 42.8 Å². The minimum Gasteiger partial charge on any atom is -0.383 e. The monoisotopic (exact) mass is 425 g/mol. The number of nitrogens with one attached hydrogen (secondary N) is 1. The summed E-state index contributed by atoms with van der Waals surface area (Å²) in [5, 5.41) is 23.7. The molecule has 3 aromatic rings. The fraction of sp³-hybridized carbons (Fsp3) is 0.391. The van der Waals surface area contributed by atoms with Gasteiger partial charge in [-0.2, -0.15) is 0 Å². The van der Waals surface area contributed by atoms with Gasteiger partial charge in [0.2, 0.25) is 0 Å². The number of aliphatic hydroxyl groups excluding tert-OH is 2. The number of fused-ring (bicyclic) bond motifs is 1. The van der Waals surface area contributed by atoms with Crippen molar-refractivity contribution in [2.75, 3.05) is 13.1 Å². The largest absolute Gasteiger partial charge is 0.383 e. The summed E-state index contributed by atoms with van der Waals surface area (Å²) in [6.07, 6.45) is 0.956. The molecule has 1 saturated heterocycles. The lowest BCUT2D eigenvalue weighted by Crippen LogP contribution is -2.38. The summed E-state index contributed by atoms with van der Waals surface area (Å²) in [7, 11) is 0. The van der Waals surface area contributed by atoms with Gasteiger partial charge < -0.3 is 15.5 Å². The van der Waals surface area contributed by atoms with E-state index in [0.717, 1.165) is 35.4 Å². The lowest BCUT2D eigenvalue weighted by atomic mass is 10.1. The van der Waals surface area contributed by atoms with E-state index in [1.807, 2.05) is 36.4 Å². The number of benzene rings is 2. The highest BCUT2D eigenvalue weighted by Crippen LogP contribution is 2.28. The van der Waals surface area contributed by atoms with Crippen molar-refractivity contribution in [2.45, 2.75) is 44.6 Å². The maximum absolute atomic E-state index is 12.3. The third-order valence-electron chi connectivity index (χ3n) is 5.48. The molecule has 0 spiro atoms. The third kappa shape index (κ3) is 5.05. The van der Waals surface area contributed by atoms with Crippen molar-refractivity contribution in [1.82, 2.24) is 15.2 Å². The molecule has 158 valence electrons. The Morgan fingerprint density at radius 2 is 1.73 bits per heavy atom. The lowest BCUT2D eigenvalue weighted by Gasteiger charge is -2.26. The number of hydrogen-bond acceptors (Lipinski definition) is 6. The van der Waals surface area contributed by atoms with E-state index in [1.54, 1.807) is 0 Å². The predicted octanol–water partition coefficient (Wildman–Crippen LogP) is 2.99. The molecule has 0 radical (unpaired) electrons. The molecular weight excluding hydrogens is 398 g/mol. The molecule has 0 bridgehead atoms. The molecule has 7 heteroatoms. The standard InChI is InChI=1S/C23H27N3O3S/c27-20(21(28)23-25-18-6-2-3-7-19(18)30-23)22(29)24-14-16-8-10-17(11-9-16)15-26-12-4-1-5-13-26/h2-3,6-11,20-21,27-28H,1,4-5,12-15H2,(H,24,29). The second kappa shape index (κ2) is 9.66. The van der Waals surface area contributed by atoms with Crippen molar-refractivity contribution in [3.05, 3.63) is 64.7 Å². The van der Waals surface area contributed by atoms with Gasteiger partial charge in [0.1, 0.15) is 11.1 Å². The summed E-state index contributed by atoms with van der Waals surface area (Å²) in [6, 6.07) is 15.6. The molecule has 2 atom stereocenters. The fourth-order valence-corrected chi connectivity index (χ4v) is 4.71. The average Bonchev–Trinajstić information content (AvgIpc) is 3.22. The molecule has 6 nitrogen and oxygen atoms in total. The van der Waals surface area contributed by atoms with Crippen molar-refractivity contribution in [3.8, 4) is 0 Å². The Labute approximate surface area is 180 Å². The first kappa shape index (κ1) is 20.9. The highest BCUT2D eigenvalue weighted by atomic mass is 32.1. The second-order valence-corrected chi connectivity index (χ2v) is 8.84. The van der Waals surface area contributed by atoms with Crippen LogP contribution in [0.25, 0.3) is 10.2 Å². The van der Waals surface area contributed by atoms with Crippen LogP contribution in [0, 0.1) is 0 Å². The number of para-hydroxylation sites is 1. The Kier molecular flexibility index (Phi) is 6.74. The minimum atomic E-state index is -1.57. The molecule has 30 heavy (non-hydrogen) atoms. The van der Waals surface area contributed by atoms with Gasteiger partial charge in [-0.05, 0) is 49.2 Å². The van der Waals surface area contributed by atoms with Crippen LogP contribution in [0.15, 0.2) is 48.5 Å². The van der Waals surface area contributed by atoms with Crippen LogP contribution >= 0.6 is 11.3 Å². The summed E-state index contributed by atoms with van der Waals surface area (Å²) in [4.78, 5) is 19.1. The number of carbonyl (C=O) groups is 1. The van der Waals surface area contributed by atoms with Crippen molar-refractivity contribution < 1.29 is 15.0 Å². The van der Waals surface area contributed by atoms with E-state index in [-0.39, 0.29) is 0 Å². The molecule has 1 amide bonds. The molecule has 4 rings (SSSR count). The van der Waals surface area contributed by atoms with E-state index < -0.39 is 18.1 Å². The number of aliphatic hydroxyl groups is 2. The molecule has 0 saturated carbocycles. The minimum absolute atomic E-state index is 0.298. The zero-order chi connectivity index (χ0) is 20.9. The Morgan fingerprint density at radius 1 is 1.03 bits per heavy atom. The smallest absolute Gasteiger partial charge is 0.252 e. The van der Waals surface area contributed by atoms with E-state index >= 15 is 0 Å². The molecule has 1 aromatic heterocycles. The van der Waals surface area contributed by atoms with Crippen LogP contribution in [0.1, 0.15) is 41.5 Å². The van der Waals surface area contributed by atoms with Crippen molar-refractivity contribution in [3.63, 3.8) is 0 Å². The van der Waals surface area contributed by atoms with Gasteiger partial charge in [0, 0.05) is 13.1 Å². The zero-order valence-electron chi connectivity index (χ0n) is 16.8. The van der Waals surface area contributed by atoms with Crippen molar-refractivity contribution in [1.29, 1.82) is 0 Å². The second-order valence-electron chi connectivity index (χ2n) is 7.78. The van der Waals surface area contributed by atoms with Gasteiger partial charge >= 0.3 is 0 Å². The quantitative estimate of drug-likeness (QED) is 0.542. The van der Waals surface area contributed by atoms with E-state index in [9.17, 15) is 15.0 Å². The summed E-state index contributed by atoms with van der Waals surface area (Å²) in [6.45, 7) is 3.57. The first-order chi connectivity index (χ1) is 14.6. The van der Waals surface area contributed by atoms with Gasteiger partial charge in [-0.3, -0.25) is 9.69 Å². The van der Waals surface area contributed by atoms with E-state index in [1.165, 1.54) is 36.2 Å². The van der Waals surface area contributed by atoms with E-state index in [2.05, 4.69) is 27.3 Å². The Hall–Kier alpha value is -2.32.